The maximum atomic E-state index is 8.25. The van der Waals surface area contributed by atoms with Crippen LogP contribution in [0.2, 0.25) is 0 Å². The zero-order valence-corrected chi connectivity index (χ0v) is 12.5. The molecule has 0 heterocycles. The van der Waals surface area contributed by atoms with E-state index in [0.717, 1.165) is 0 Å². The molecule has 0 aromatic rings. The van der Waals surface area contributed by atoms with Crippen molar-refractivity contribution in [2.75, 3.05) is 0 Å². The van der Waals surface area contributed by atoms with Gasteiger partial charge in [-0.05, 0) is 0 Å². The molecule has 22 heteroatoms. The van der Waals surface area contributed by atoms with Crippen LogP contribution in [0.25, 0.3) is 0 Å². The fourth-order valence-electron chi connectivity index (χ4n) is 0. The van der Waals surface area contributed by atoms with Crippen LogP contribution in [0.1, 0.15) is 0 Å². The number of nitrogens with zero attached hydrogens (tertiary/aromatic N) is 5. The molecule has 1 radical (unpaired) electrons. The van der Waals surface area contributed by atoms with Gasteiger partial charge >= 0.3 is 41.7 Å². The SMILES string of the molecule is O.O=[N+]([O-])[O-].O=[N+]([O-])[O-].O=[N+]([O-])[O-].O=[N+]([O-])[O-].O=[N+]([O-])[O-].[Ce+3]. The third kappa shape index (κ3) is 652. The Morgan fingerprint density at radius 2 is 0.364 bits per heavy atom. The summed E-state index contributed by atoms with van der Waals surface area (Å²) >= 11 is 0. The monoisotopic (exact) mass is 468 g/mol. The fourth-order valence-corrected chi connectivity index (χ4v) is 0. The second-order valence-corrected chi connectivity index (χ2v) is 1.12. The molecular formula is H2CeN5O16-2. The van der Waals surface area contributed by atoms with E-state index in [1.54, 1.807) is 0 Å². The molecule has 0 saturated heterocycles. The minimum atomic E-state index is -1.75. The van der Waals surface area contributed by atoms with Crippen LogP contribution in [0, 0.1) is 118 Å². The van der Waals surface area contributed by atoms with Gasteiger partial charge in [-0.2, -0.15) is 0 Å². The molecule has 0 amide bonds. The molecule has 0 atom stereocenters. The van der Waals surface area contributed by atoms with Crippen LogP contribution in [-0.4, -0.2) is 30.9 Å². The average Bonchev–Trinajstić information content (AvgIpc) is 1.94. The van der Waals surface area contributed by atoms with Crippen molar-refractivity contribution in [2.24, 2.45) is 0 Å². The Bertz CT molecular complexity index is 207. The normalized spacial score (nSPS) is 5.45. The summed E-state index contributed by atoms with van der Waals surface area (Å²) in [7, 11) is 0. The molecule has 0 aliphatic heterocycles. The summed E-state index contributed by atoms with van der Waals surface area (Å²) in [4.78, 5) is 41.2. The molecule has 2 N–H and O–H groups in total. The molecule has 22 heavy (non-hydrogen) atoms. The molecule has 0 aliphatic carbocycles. The van der Waals surface area contributed by atoms with Gasteiger partial charge in [0.25, 0.3) is 0 Å². The van der Waals surface area contributed by atoms with Crippen LogP contribution in [0.15, 0.2) is 0 Å². The Balaban J connectivity index is -0.0000000250. The maximum Gasteiger partial charge on any atom is 3.00 e. The van der Waals surface area contributed by atoms with Crippen molar-refractivity contribution in [3.63, 3.8) is 0 Å². The van der Waals surface area contributed by atoms with Crippen LogP contribution in [0.3, 0.4) is 0 Å². The molecule has 0 aromatic carbocycles. The van der Waals surface area contributed by atoms with Crippen molar-refractivity contribution in [1.82, 2.24) is 0 Å². The summed E-state index contributed by atoms with van der Waals surface area (Å²) in [6.07, 6.45) is 0. The van der Waals surface area contributed by atoms with Crippen molar-refractivity contribution in [2.45, 2.75) is 0 Å². The van der Waals surface area contributed by atoms with Crippen LogP contribution >= 0.6 is 0 Å². The van der Waals surface area contributed by atoms with Gasteiger partial charge < -0.3 is 82.1 Å². The average molecular weight is 468 g/mol. The van der Waals surface area contributed by atoms with Crippen molar-refractivity contribution in [3.8, 4) is 0 Å². The summed E-state index contributed by atoms with van der Waals surface area (Å²) in [6.45, 7) is 0. The van der Waals surface area contributed by atoms with Gasteiger partial charge in [-0.1, -0.05) is 0 Å². The first-order valence-corrected chi connectivity index (χ1v) is 2.74. The van der Waals surface area contributed by atoms with Crippen LogP contribution in [0.5, 0.6) is 0 Å². The van der Waals surface area contributed by atoms with E-state index < -0.39 is 25.4 Å². The van der Waals surface area contributed by atoms with Gasteiger partial charge in [-0.3, -0.25) is 0 Å². The minimum Gasteiger partial charge on any atom is -0.412 e. The van der Waals surface area contributed by atoms with E-state index in [4.69, 9.17) is 76.6 Å². The van der Waals surface area contributed by atoms with Crippen LogP contribution < -0.4 is 0 Å². The minimum absolute atomic E-state index is 0. The van der Waals surface area contributed by atoms with Crippen molar-refractivity contribution >= 4 is 0 Å². The molecule has 0 bridgehead atoms. The van der Waals surface area contributed by atoms with Gasteiger partial charge in [0.15, 0.2) is 0 Å². The molecule has 0 aliphatic rings. The molecule has 0 fully saturated rings. The topological polar surface area (TPSA) is 362 Å². The Labute approximate surface area is 149 Å². The number of hydrogen-bond donors (Lipinski definition) is 0. The molecule has 0 spiro atoms. The largest absolute Gasteiger partial charge is 3.00 e. The Morgan fingerprint density at radius 1 is 0.364 bits per heavy atom. The number of rotatable bonds is 0. The van der Waals surface area contributed by atoms with Gasteiger partial charge in [-0.15, -0.1) is 0 Å². The summed E-state index contributed by atoms with van der Waals surface area (Å²) in [5.74, 6) is 0. The van der Waals surface area contributed by atoms with Crippen molar-refractivity contribution in [3.05, 3.63) is 76.6 Å². The van der Waals surface area contributed by atoms with Crippen LogP contribution in [0.4, 0.5) is 0 Å². The van der Waals surface area contributed by atoms with Gasteiger partial charge in [0.05, 0.1) is 25.4 Å². The predicted octanol–water partition coefficient (Wildman–Crippen LogP) is -2.02. The van der Waals surface area contributed by atoms with Gasteiger partial charge in [0.1, 0.15) is 0 Å². The molecular weight excluding hydrogens is 466 g/mol. The second-order valence-electron chi connectivity index (χ2n) is 1.12. The van der Waals surface area contributed by atoms with E-state index in [1.165, 1.54) is 0 Å². The van der Waals surface area contributed by atoms with Crippen molar-refractivity contribution in [1.29, 1.82) is 0 Å². The second kappa shape index (κ2) is 36.2. The smallest absolute Gasteiger partial charge is 0.412 e. The maximum absolute atomic E-state index is 8.25. The first kappa shape index (κ1) is 42.7. The van der Waals surface area contributed by atoms with Crippen LogP contribution in [-0.2, 0) is 0 Å². The van der Waals surface area contributed by atoms with E-state index >= 15 is 0 Å². The standard InChI is InChI=1S/Ce.5NO3.H2O/c;5*2-1(3)4;/h;;;;;;1H2/q+3;5*-1;. The zero-order chi connectivity index (χ0) is 17.9. The Morgan fingerprint density at radius 3 is 0.364 bits per heavy atom. The quantitative estimate of drug-likeness (QED) is 0.273. The molecule has 0 saturated carbocycles. The fraction of sp³-hybridized carbons (Fsp3) is 0. The van der Waals surface area contributed by atoms with Gasteiger partial charge in [0.2, 0.25) is 0 Å². The summed E-state index contributed by atoms with van der Waals surface area (Å²) in [5.41, 5.74) is 0. The van der Waals surface area contributed by atoms with E-state index in [-0.39, 0.29) is 47.2 Å². The Hall–Kier alpha value is -2.66. The summed E-state index contributed by atoms with van der Waals surface area (Å²) in [6, 6.07) is 0. The molecule has 129 valence electrons. The van der Waals surface area contributed by atoms with E-state index in [1.807, 2.05) is 0 Å². The first-order chi connectivity index (χ1) is 8.66. The van der Waals surface area contributed by atoms with E-state index in [2.05, 4.69) is 0 Å². The van der Waals surface area contributed by atoms with E-state index in [9.17, 15) is 0 Å². The molecule has 0 unspecified atom stereocenters. The van der Waals surface area contributed by atoms with E-state index in [0.29, 0.717) is 0 Å². The Kier molecular flexibility index (Phi) is 70.3. The first-order valence-electron chi connectivity index (χ1n) is 2.74. The zero-order valence-electron chi connectivity index (χ0n) is 9.36. The molecule has 0 rings (SSSR count). The summed E-state index contributed by atoms with van der Waals surface area (Å²) in [5, 5.41) is 73.8. The third-order valence-electron chi connectivity index (χ3n) is 0. The molecule has 0 aromatic heterocycles. The summed E-state index contributed by atoms with van der Waals surface area (Å²) < 4.78 is 0. The molecule has 21 nitrogen and oxygen atoms in total. The van der Waals surface area contributed by atoms with Crippen molar-refractivity contribution < 1.29 is 72.7 Å². The third-order valence-corrected chi connectivity index (χ3v) is 0. The van der Waals surface area contributed by atoms with Gasteiger partial charge in [0, 0.05) is 0 Å². The van der Waals surface area contributed by atoms with Gasteiger partial charge in [-0.25, -0.2) is 0 Å². The number of hydrogen-bond acceptors (Lipinski definition) is 15. The predicted molar refractivity (Wildman–Crippen MR) is 55.4 cm³/mol.